The van der Waals surface area contributed by atoms with Gasteiger partial charge in [-0.05, 0) is 42.8 Å². The Hall–Kier alpha value is -2.64. The van der Waals surface area contributed by atoms with E-state index in [2.05, 4.69) is 11.1 Å². The third kappa shape index (κ3) is 4.12. The summed E-state index contributed by atoms with van der Waals surface area (Å²) in [5, 5.41) is 26.2. The molecule has 0 bridgehead atoms. The number of H-pyrrole nitrogens is 1. The number of aliphatic hydroxyl groups is 1. The fourth-order valence-corrected chi connectivity index (χ4v) is 4.05. The summed E-state index contributed by atoms with van der Waals surface area (Å²) in [6.45, 7) is 6.05. The molecule has 4 rings (SSSR count). The number of aliphatic hydroxyl groups excluding tert-OH is 1. The topological polar surface area (TPSA) is 86.9 Å². The summed E-state index contributed by atoms with van der Waals surface area (Å²) in [7, 11) is 1.67. The first-order valence-electron chi connectivity index (χ1n) is 9.54. The molecule has 0 aliphatic heterocycles. The number of aryl methyl sites for hydroxylation is 1. The van der Waals surface area contributed by atoms with Crippen molar-refractivity contribution in [2.75, 3.05) is 13.7 Å². The minimum absolute atomic E-state index is 0. The normalized spacial score (nSPS) is 12.1. The predicted molar refractivity (Wildman–Crippen MR) is 124 cm³/mol. The summed E-state index contributed by atoms with van der Waals surface area (Å²) >= 11 is 0. The van der Waals surface area contributed by atoms with Crippen LogP contribution in [0.25, 0.3) is 21.8 Å². The number of hydrogen-bond donors (Lipinski definition) is 2. The number of aromatic nitrogens is 3. The molecule has 0 amide bonds. The average molecular weight is 410 g/mol. The van der Waals surface area contributed by atoms with E-state index in [-0.39, 0.29) is 39.9 Å². The van der Waals surface area contributed by atoms with E-state index in [0.29, 0.717) is 5.56 Å². The molecule has 0 aliphatic carbocycles. The van der Waals surface area contributed by atoms with Crippen molar-refractivity contribution >= 4 is 30.2 Å². The van der Waals surface area contributed by atoms with Gasteiger partial charge < -0.3 is 14.8 Å². The van der Waals surface area contributed by atoms with Gasteiger partial charge in [0.25, 0.3) is 0 Å². The molecule has 4 aromatic rings. The second kappa shape index (κ2) is 9.24. The van der Waals surface area contributed by atoms with E-state index in [0.717, 1.165) is 38.7 Å². The molecular weight excluding hydrogens is 382 g/mol. The number of ether oxygens (including phenoxy) is 1. The summed E-state index contributed by atoms with van der Waals surface area (Å²) in [5.74, 6) is 0.762. The Morgan fingerprint density at radius 2 is 2.03 bits per heavy atom. The molecule has 0 spiro atoms. The summed E-state index contributed by atoms with van der Waals surface area (Å²) in [5.41, 5.74) is 3.91. The monoisotopic (exact) mass is 410 g/mol. The molecular formula is C23H28BLiN4O2. The summed E-state index contributed by atoms with van der Waals surface area (Å²) < 4.78 is 7.67. The van der Waals surface area contributed by atoms with Gasteiger partial charge in [0.1, 0.15) is 5.75 Å². The van der Waals surface area contributed by atoms with Crippen LogP contribution in [0.5, 0.6) is 5.75 Å². The molecule has 2 heterocycles. The van der Waals surface area contributed by atoms with Crippen LogP contribution in [0.1, 0.15) is 36.6 Å². The molecule has 31 heavy (non-hydrogen) atoms. The van der Waals surface area contributed by atoms with Crippen molar-refractivity contribution in [2.24, 2.45) is 5.41 Å². The van der Waals surface area contributed by atoms with E-state index < -0.39 is 5.41 Å². The summed E-state index contributed by atoms with van der Waals surface area (Å²) in [4.78, 5) is 3.31. The molecule has 2 aromatic heterocycles. The fraction of sp³-hybridized carbons (Fsp3) is 0.304. The Morgan fingerprint density at radius 3 is 2.68 bits per heavy atom. The van der Waals surface area contributed by atoms with Crippen LogP contribution in [0.3, 0.4) is 0 Å². The zero-order valence-corrected chi connectivity index (χ0v) is 18.0. The molecule has 8 heteroatoms. The smallest absolute Gasteiger partial charge is 0.496 e. The number of fused-ring (bicyclic) bond motifs is 2. The van der Waals surface area contributed by atoms with Gasteiger partial charge in [-0.25, -0.2) is 0 Å². The van der Waals surface area contributed by atoms with Gasteiger partial charge in [0, 0.05) is 39.7 Å². The molecule has 0 saturated heterocycles. The molecule has 6 nitrogen and oxygen atoms in total. The van der Waals surface area contributed by atoms with Gasteiger partial charge >= 0.3 is 18.9 Å². The van der Waals surface area contributed by atoms with Crippen molar-refractivity contribution in [1.82, 2.24) is 14.8 Å². The Morgan fingerprint density at radius 1 is 1.29 bits per heavy atom. The van der Waals surface area contributed by atoms with Crippen LogP contribution in [0, 0.1) is 23.7 Å². The van der Waals surface area contributed by atoms with Gasteiger partial charge in [-0.15, -0.1) is 0 Å². The SMILES string of the molecule is COc1cc(C)c2[nH]ccc2c1C(n1cc2ccc(C#N)cc2n1)C(C)(C)CO.[BH4-].[Li+]. The van der Waals surface area contributed by atoms with Gasteiger partial charge in [-0.1, -0.05) is 22.3 Å². The number of rotatable bonds is 5. The first-order chi connectivity index (χ1) is 13.9. The first-order valence-corrected chi connectivity index (χ1v) is 9.54. The van der Waals surface area contributed by atoms with Crippen LogP contribution < -0.4 is 23.6 Å². The Balaban J connectivity index is 0.00000171. The van der Waals surface area contributed by atoms with Crippen LogP contribution in [0.2, 0.25) is 0 Å². The second-order valence-electron chi connectivity index (χ2n) is 8.12. The van der Waals surface area contributed by atoms with Crippen molar-refractivity contribution in [2.45, 2.75) is 26.8 Å². The standard InChI is InChI=1S/C23H24N4O2.BH4.Li/c1-14-9-19(29-4)20(17-7-8-25-21(14)17)22(23(2,3)13-28)27-12-16-6-5-15(11-24)10-18(16)26-27;;/h5-10,12,22,25,28H,13H2,1-4H3;1H4;/q;-1;+1. The maximum absolute atomic E-state index is 10.3. The van der Waals surface area contributed by atoms with Crippen LogP contribution in [0.15, 0.2) is 42.7 Å². The van der Waals surface area contributed by atoms with Crippen molar-refractivity contribution in [3.63, 3.8) is 0 Å². The number of aromatic amines is 1. The first kappa shape index (κ1) is 24.6. The zero-order valence-electron chi connectivity index (χ0n) is 18.0. The number of benzene rings is 2. The van der Waals surface area contributed by atoms with Gasteiger partial charge in [0.15, 0.2) is 0 Å². The van der Waals surface area contributed by atoms with Crippen molar-refractivity contribution in [1.29, 1.82) is 5.26 Å². The largest absolute Gasteiger partial charge is 1.00 e. The molecule has 0 radical (unpaired) electrons. The number of nitriles is 1. The van der Waals surface area contributed by atoms with E-state index in [4.69, 9.17) is 9.84 Å². The molecule has 0 saturated carbocycles. The van der Waals surface area contributed by atoms with E-state index in [1.165, 1.54) is 0 Å². The maximum Gasteiger partial charge on any atom is 1.00 e. The quantitative estimate of drug-likeness (QED) is 0.449. The maximum atomic E-state index is 10.3. The third-order valence-electron chi connectivity index (χ3n) is 5.60. The van der Waals surface area contributed by atoms with E-state index >= 15 is 0 Å². The summed E-state index contributed by atoms with van der Waals surface area (Å²) in [6, 6.07) is 11.4. The zero-order chi connectivity index (χ0) is 20.8. The second-order valence-corrected chi connectivity index (χ2v) is 8.12. The fourth-order valence-electron chi connectivity index (χ4n) is 4.05. The molecule has 156 valence electrons. The van der Waals surface area contributed by atoms with Gasteiger partial charge in [-0.2, -0.15) is 10.4 Å². The average Bonchev–Trinajstić information content (AvgIpc) is 3.36. The number of hydrogen-bond acceptors (Lipinski definition) is 4. The minimum atomic E-state index is -0.521. The molecule has 1 unspecified atom stereocenters. The molecule has 2 aromatic carbocycles. The summed E-state index contributed by atoms with van der Waals surface area (Å²) in [6.07, 6.45) is 3.89. The Kier molecular flexibility index (Phi) is 7.34. The van der Waals surface area contributed by atoms with Crippen molar-refractivity contribution in [3.05, 3.63) is 59.4 Å². The van der Waals surface area contributed by atoms with E-state index in [1.807, 2.05) is 56.0 Å². The number of nitrogens with one attached hydrogen (secondary N) is 1. The van der Waals surface area contributed by atoms with Crippen molar-refractivity contribution in [3.8, 4) is 11.8 Å². The van der Waals surface area contributed by atoms with Gasteiger partial charge in [-0.3, -0.25) is 4.68 Å². The van der Waals surface area contributed by atoms with E-state index in [9.17, 15) is 10.4 Å². The Bertz CT molecular complexity index is 1260. The molecule has 0 fully saturated rings. The number of methoxy groups -OCH3 is 1. The minimum Gasteiger partial charge on any atom is -0.496 e. The van der Waals surface area contributed by atoms with Crippen LogP contribution in [-0.4, -0.2) is 42.0 Å². The van der Waals surface area contributed by atoms with Crippen LogP contribution in [0.4, 0.5) is 0 Å². The third-order valence-corrected chi connectivity index (χ3v) is 5.60. The van der Waals surface area contributed by atoms with Crippen LogP contribution >= 0.6 is 0 Å². The van der Waals surface area contributed by atoms with Crippen LogP contribution in [-0.2, 0) is 0 Å². The van der Waals surface area contributed by atoms with E-state index in [1.54, 1.807) is 19.2 Å². The van der Waals surface area contributed by atoms with Gasteiger partial charge in [0.2, 0.25) is 0 Å². The van der Waals surface area contributed by atoms with Crippen molar-refractivity contribution < 1.29 is 28.7 Å². The molecule has 1 atom stereocenters. The predicted octanol–water partition coefficient (Wildman–Crippen LogP) is -0.133. The number of nitrogens with zero attached hydrogens (tertiary/aromatic N) is 3. The Labute approximate surface area is 196 Å². The molecule has 2 N–H and O–H groups in total. The molecule has 0 aliphatic rings. The van der Waals surface area contributed by atoms with Gasteiger partial charge in [0.05, 0.1) is 36.9 Å².